The Balaban J connectivity index is 2.03. The van der Waals surface area contributed by atoms with Crippen molar-refractivity contribution in [1.82, 2.24) is 4.98 Å². The Morgan fingerprint density at radius 1 is 1.35 bits per heavy atom. The Morgan fingerprint density at radius 3 is 2.53 bits per heavy atom. The smallest absolute Gasteiger partial charge is 0.128 e. The van der Waals surface area contributed by atoms with Crippen molar-refractivity contribution >= 4 is 37.7 Å². The highest BCUT2D eigenvalue weighted by Gasteiger charge is 2.23. The number of rotatable bonds is 2. The molecule has 0 spiro atoms. The maximum Gasteiger partial charge on any atom is 0.128 e. The molecule has 1 fully saturated rings. The van der Waals surface area contributed by atoms with Crippen LogP contribution in [0.15, 0.2) is 16.6 Å². The summed E-state index contributed by atoms with van der Waals surface area (Å²) in [6.45, 7) is 6.53. The fourth-order valence-corrected chi connectivity index (χ4v) is 3.04. The molecular weight excluding hydrogens is 344 g/mol. The number of alkyl halides is 1. The van der Waals surface area contributed by atoms with Gasteiger partial charge in [-0.05, 0) is 53.7 Å². The number of halogens is 2. The minimum atomic E-state index is 0.629. The van der Waals surface area contributed by atoms with Crippen LogP contribution >= 0.6 is 31.9 Å². The molecule has 2 heterocycles. The summed E-state index contributed by atoms with van der Waals surface area (Å²) in [6.07, 6.45) is 2.51. The minimum absolute atomic E-state index is 0.629. The van der Waals surface area contributed by atoms with Gasteiger partial charge in [0.15, 0.2) is 0 Å². The topological polar surface area (TPSA) is 16.1 Å². The number of anilines is 1. The first-order valence-electron chi connectivity index (χ1n) is 6.10. The summed E-state index contributed by atoms with van der Waals surface area (Å²) in [6, 6.07) is 4.20. The lowest BCUT2D eigenvalue weighted by Crippen LogP contribution is -2.36. The van der Waals surface area contributed by atoms with Gasteiger partial charge in [-0.25, -0.2) is 4.98 Å². The SMILES string of the molecule is Cc1nc(N2CCC(C(C)Br)CC2)ccc1Br. The van der Waals surface area contributed by atoms with Gasteiger partial charge in [-0.2, -0.15) is 0 Å². The predicted molar refractivity (Wildman–Crippen MR) is 80.0 cm³/mol. The number of nitrogens with zero attached hydrogens (tertiary/aromatic N) is 2. The molecule has 0 radical (unpaired) electrons. The van der Waals surface area contributed by atoms with Crippen molar-refractivity contribution in [2.24, 2.45) is 5.92 Å². The highest BCUT2D eigenvalue weighted by molar-refractivity contribution is 9.10. The Kier molecular flexibility index (Phi) is 4.47. The van der Waals surface area contributed by atoms with Crippen molar-refractivity contribution < 1.29 is 0 Å². The van der Waals surface area contributed by atoms with Gasteiger partial charge in [-0.15, -0.1) is 0 Å². The molecule has 1 aromatic rings. The quantitative estimate of drug-likeness (QED) is 0.735. The van der Waals surface area contributed by atoms with Crippen LogP contribution in [0.5, 0.6) is 0 Å². The molecule has 0 aromatic carbocycles. The molecule has 2 rings (SSSR count). The summed E-state index contributed by atoms with van der Waals surface area (Å²) in [7, 11) is 0. The van der Waals surface area contributed by atoms with Crippen LogP contribution in [0.2, 0.25) is 0 Å². The van der Waals surface area contributed by atoms with Gasteiger partial charge in [0, 0.05) is 22.4 Å². The number of aromatic nitrogens is 1. The van der Waals surface area contributed by atoms with Crippen molar-refractivity contribution in [1.29, 1.82) is 0 Å². The van der Waals surface area contributed by atoms with E-state index in [0.717, 1.165) is 35.0 Å². The highest BCUT2D eigenvalue weighted by Crippen LogP contribution is 2.28. The second-order valence-corrected chi connectivity index (χ2v) is 7.04. The lowest BCUT2D eigenvalue weighted by Gasteiger charge is -2.34. The zero-order chi connectivity index (χ0) is 12.4. The molecule has 1 saturated heterocycles. The second kappa shape index (κ2) is 5.70. The summed E-state index contributed by atoms with van der Waals surface area (Å²) >= 11 is 7.19. The Bertz CT molecular complexity index is 385. The molecule has 0 N–H and O–H groups in total. The van der Waals surface area contributed by atoms with Gasteiger partial charge in [0.25, 0.3) is 0 Å². The predicted octanol–water partition coefficient (Wildman–Crippen LogP) is 4.15. The van der Waals surface area contributed by atoms with Crippen LogP contribution in [0.4, 0.5) is 5.82 Å². The average molecular weight is 362 g/mol. The average Bonchev–Trinajstić information content (AvgIpc) is 2.33. The van der Waals surface area contributed by atoms with E-state index in [1.807, 2.05) is 6.92 Å². The van der Waals surface area contributed by atoms with Crippen molar-refractivity contribution in [3.63, 3.8) is 0 Å². The Morgan fingerprint density at radius 2 is 2.00 bits per heavy atom. The normalized spacial score (nSPS) is 19.4. The van der Waals surface area contributed by atoms with Crippen LogP contribution in [0.25, 0.3) is 0 Å². The molecule has 2 nitrogen and oxygen atoms in total. The Labute approximate surface area is 120 Å². The molecule has 1 aliphatic heterocycles. The van der Waals surface area contributed by atoms with Crippen LogP contribution in [0.1, 0.15) is 25.5 Å². The van der Waals surface area contributed by atoms with Crippen molar-refractivity contribution in [2.45, 2.75) is 31.5 Å². The van der Waals surface area contributed by atoms with Gasteiger partial charge in [0.05, 0.1) is 5.69 Å². The fraction of sp³-hybridized carbons (Fsp3) is 0.615. The van der Waals surface area contributed by atoms with Crippen LogP contribution in [0, 0.1) is 12.8 Å². The number of aryl methyl sites for hydroxylation is 1. The lowest BCUT2D eigenvalue weighted by atomic mass is 9.94. The van der Waals surface area contributed by atoms with Crippen LogP contribution in [0.3, 0.4) is 0 Å². The Hall–Kier alpha value is -0.0900. The first-order valence-corrected chi connectivity index (χ1v) is 7.81. The molecule has 0 bridgehead atoms. The molecule has 1 aromatic heterocycles. The fourth-order valence-electron chi connectivity index (χ4n) is 2.29. The molecular formula is C13H18Br2N2. The first-order chi connectivity index (χ1) is 8.08. The molecule has 0 aliphatic carbocycles. The molecule has 94 valence electrons. The van der Waals surface area contributed by atoms with Crippen molar-refractivity contribution in [3.05, 3.63) is 22.3 Å². The third-order valence-corrected chi connectivity index (χ3v) is 5.11. The first kappa shape index (κ1) is 13.3. The maximum atomic E-state index is 4.63. The monoisotopic (exact) mass is 360 g/mol. The molecule has 1 atom stereocenters. The van der Waals surface area contributed by atoms with E-state index in [-0.39, 0.29) is 0 Å². The standard InChI is InChI=1S/C13H18Br2N2/c1-9(14)11-5-7-17(8-6-11)13-4-3-12(15)10(2)16-13/h3-4,9,11H,5-8H2,1-2H3. The number of hydrogen-bond acceptors (Lipinski definition) is 2. The molecule has 0 amide bonds. The zero-order valence-electron chi connectivity index (χ0n) is 10.3. The maximum absolute atomic E-state index is 4.63. The van der Waals surface area contributed by atoms with Gasteiger partial charge in [0.2, 0.25) is 0 Å². The molecule has 0 saturated carbocycles. The molecule has 1 aliphatic rings. The van der Waals surface area contributed by atoms with E-state index in [9.17, 15) is 0 Å². The molecule has 1 unspecified atom stereocenters. The number of hydrogen-bond donors (Lipinski definition) is 0. The lowest BCUT2D eigenvalue weighted by molar-refractivity contribution is 0.405. The summed E-state index contributed by atoms with van der Waals surface area (Å²) < 4.78 is 1.09. The van der Waals surface area contributed by atoms with E-state index in [1.54, 1.807) is 0 Å². The van der Waals surface area contributed by atoms with Gasteiger partial charge < -0.3 is 4.90 Å². The van der Waals surface area contributed by atoms with E-state index in [0.29, 0.717) is 4.83 Å². The second-order valence-electron chi connectivity index (χ2n) is 4.74. The van der Waals surface area contributed by atoms with E-state index in [4.69, 9.17) is 0 Å². The number of pyridine rings is 1. The van der Waals surface area contributed by atoms with E-state index in [2.05, 4.69) is 60.8 Å². The van der Waals surface area contributed by atoms with Crippen LogP contribution < -0.4 is 4.90 Å². The van der Waals surface area contributed by atoms with Crippen LogP contribution in [-0.2, 0) is 0 Å². The van der Waals surface area contributed by atoms with Gasteiger partial charge in [0.1, 0.15) is 5.82 Å². The van der Waals surface area contributed by atoms with E-state index in [1.165, 1.54) is 12.8 Å². The van der Waals surface area contributed by atoms with Crippen LogP contribution in [-0.4, -0.2) is 22.9 Å². The van der Waals surface area contributed by atoms with E-state index >= 15 is 0 Å². The highest BCUT2D eigenvalue weighted by atomic mass is 79.9. The third kappa shape index (κ3) is 3.22. The van der Waals surface area contributed by atoms with Gasteiger partial charge >= 0.3 is 0 Å². The molecule has 17 heavy (non-hydrogen) atoms. The largest absolute Gasteiger partial charge is 0.357 e. The van der Waals surface area contributed by atoms with Gasteiger partial charge in [-0.3, -0.25) is 0 Å². The summed E-state index contributed by atoms with van der Waals surface area (Å²) in [4.78, 5) is 7.66. The van der Waals surface area contributed by atoms with E-state index < -0.39 is 0 Å². The minimum Gasteiger partial charge on any atom is -0.357 e. The zero-order valence-corrected chi connectivity index (χ0v) is 13.5. The van der Waals surface area contributed by atoms with Gasteiger partial charge in [-0.1, -0.05) is 22.9 Å². The molecule has 4 heteroatoms. The summed E-state index contributed by atoms with van der Waals surface area (Å²) in [5.74, 6) is 1.93. The number of piperidine rings is 1. The third-order valence-electron chi connectivity index (χ3n) is 3.52. The van der Waals surface area contributed by atoms with Crippen molar-refractivity contribution in [3.8, 4) is 0 Å². The summed E-state index contributed by atoms with van der Waals surface area (Å²) in [5.41, 5.74) is 1.07. The summed E-state index contributed by atoms with van der Waals surface area (Å²) in [5, 5.41) is 0. The van der Waals surface area contributed by atoms with Crippen molar-refractivity contribution in [2.75, 3.05) is 18.0 Å².